The molecule has 0 saturated carbocycles. The van der Waals surface area contributed by atoms with Crippen LogP contribution in [-0.2, 0) is 0 Å². The predicted octanol–water partition coefficient (Wildman–Crippen LogP) is 2.46. The molecule has 22 heavy (non-hydrogen) atoms. The minimum Gasteiger partial charge on any atom is -0.368 e. The lowest BCUT2D eigenvalue weighted by Crippen LogP contribution is -1.99. The third-order valence-corrected chi connectivity index (χ3v) is 3.31. The van der Waals surface area contributed by atoms with Crippen molar-refractivity contribution in [2.24, 2.45) is 5.10 Å². The van der Waals surface area contributed by atoms with E-state index in [1.165, 1.54) is 0 Å². The van der Waals surface area contributed by atoms with E-state index in [9.17, 15) is 0 Å². The molecule has 0 spiro atoms. The molecule has 2 N–H and O–H groups in total. The first kappa shape index (κ1) is 14.1. The highest BCUT2D eigenvalue weighted by atomic mass is 15.4. The zero-order valence-corrected chi connectivity index (χ0v) is 12.9. The summed E-state index contributed by atoms with van der Waals surface area (Å²) in [5.74, 6) is 0.382. The maximum absolute atomic E-state index is 5.75. The van der Waals surface area contributed by atoms with Crippen LogP contribution < -0.4 is 5.73 Å². The van der Waals surface area contributed by atoms with Crippen molar-refractivity contribution in [3.05, 3.63) is 59.2 Å². The fraction of sp³-hybridized carbons (Fsp3) is 0.188. The molecule has 0 fully saturated rings. The zero-order chi connectivity index (χ0) is 15.7. The number of imidazole rings is 1. The van der Waals surface area contributed by atoms with Gasteiger partial charge in [-0.2, -0.15) is 10.2 Å². The van der Waals surface area contributed by atoms with E-state index in [1.807, 2.05) is 49.7 Å². The van der Waals surface area contributed by atoms with Gasteiger partial charge in [-0.05, 0) is 44.5 Å². The molecule has 0 atom stereocenters. The molecule has 0 amide bonds. The second kappa shape index (κ2) is 5.48. The Morgan fingerprint density at radius 2 is 1.82 bits per heavy atom. The number of nitrogens with zero attached hydrogens (tertiary/aromatic N) is 5. The van der Waals surface area contributed by atoms with E-state index in [0.29, 0.717) is 5.95 Å². The third-order valence-electron chi connectivity index (χ3n) is 3.31. The fourth-order valence-corrected chi connectivity index (χ4v) is 2.32. The summed E-state index contributed by atoms with van der Waals surface area (Å²) < 4.78 is 3.48. The second-order valence-electron chi connectivity index (χ2n) is 5.26. The van der Waals surface area contributed by atoms with Gasteiger partial charge < -0.3 is 5.73 Å². The van der Waals surface area contributed by atoms with Crippen LogP contribution in [0.2, 0.25) is 0 Å². The van der Waals surface area contributed by atoms with E-state index in [1.54, 1.807) is 17.1 Å². The molecular weight excluding hydrogens is 276 g/mol. The molecule has 0 unspecified atom stereocenters. The van der Waals surface area contributed by atoms with Gasteiger partial charge in [-0.25, -0.2) is 14.3 Å². The minimum atomic E-state index is 0.382. The van der Waals surface area contributed by atoms with Crippen LogP contribution in [0.3, 0.4) is 0 Å². The van der Waals surface area contributed by atoms with Crippen molar-refractivity contribution in [1.29, 1.82) is 0 Å². The Bertz CT molecular complexity index is 823. The summed E-state index contributed by atoms with van der Waals surface area (Å²) in [6.07, 6.45) is 3.54. The van der Waals surface area contributed by atoms with Crippen molar-refractivity contribution in [1.82, 2.24) is 19.4 Å². The molecule has 1 aromatic carbocycles. The van der Waals surface area contributed by atoms with E-state index in [-0.39, 0.29) is 0 Å². The number of aryl methyl sites for hydroxylation is 3. The monoisotopic (exact) mass is 294 g/mol. The first-order valence-electron chi connectivity index (χ1n) is 7.02. The van der Waals surface area contributed by atoms with Crippen LogP contribution >= 0.6 is 0 Å². The number of benzene rings is 1. The topological polar surface area (TPSA) is 74.0 Å². The molecule has 112 valence electrons. The molecular formula is C16H18N6. The Kier molecular flexibility index (Phi) is 3.50. The molecule has 0 aliphatic rings. The zero-order valence-electron chi connectivity index (χ0n) is 12.9. The molecule has 0 bridgehead atoms. The summed E-state index contributed by atoms with van der Waals surface area (Å²) >= 11 is 0. The van der Waals surface area contributed by atoms with Gasteiger partial charge >= 0.3 is 0 Å². The smallest absolute Gasteiger partial charge is 0.221 e. The van der Waals surface area contributed by atoms with Crippen LogP contribution in [0.1, 0.15) is 22.6 Å². The van der Waals surface area contributed by atoms with Gasteiger partial charge in [0.1, 0.15) is 0 Å². The highest BCUT2D eigenvalue weighted by Gasteiger charge is 2.03. The highest BCUT2D eigenvalue weighted by Crippen LogP contribution is 2.12. The summed E-state index contributed by atoms with van der Waals surface area (Å²) in [7, 11) is 0. The lowest BCUT2D eigenvalue weighted by Gasteiger charge is -2.04. The van der Waals surface area contributed by atoms with Crippen LogP contribution in [0.15, 0.2) is 41.6 Å². The molecule has 2 heterocycles. The molecule has 0 aliphatic carbocycles. The molecule has 3 aromatic rings. The minimum absolute atomic E-state index is 0.382. The standard InChI is InChI=1S/C16H18N6/c1-11-8-13(3)22(20-11)15-6-4-14(5-7-15)9-18-21-10-12(2)19-16(21)17/h4-10H,1-3H3,(H2,17,19). The average molecular weight is 294 g/mol. The van der Waals surface area contributed by atoms with Crippen LogP contribution in [0.5, 0.6) is 0 Å². The van der Waals surface area contributed by atoms with Crippen LogP contribution in [0.25, 0.3) is 5.69 Å². The number of nitrogens with two attached hydrogens (primary N) is 1. The number of anilines is 1. The first-order valence-corrected chi connectivity index (χ1v) is 7.02. The molecule has 0 radical (unpaired) electrons. The number of aromatic nitrogens is 4. The van der Waals surface area contributed by atoms with Crippen molar-refractivity contribution in [3.8, 4) is 5.69 Å². The molecule has 0 saturated heterocycles. The Balaban J connectivity index is 1.82. The van der Waals surface area contributed by atoms with Crippen LogP contribution in [0, 0.1) is 20.8 Å². The van der Waals surface area contributed by atoms with Crippen molar-refractivity contribution < 1.29 is 0 Å². The number of nitrogen functional groups attached to an aromatic ring is 1. The van der Waals surface area contributed by atoms with Crippen LogP contribution in [-0.4, -0.2) is 25.7 Å². The van der Waals surface area contributed by atoms with Gasteiger partial charge in [-0.3, -0.25) is 0 Å². The Labute approximate surface area is 128 Å². The predicted molar refractivity (Wildman–Crippen MR) is 87.4 cm³/mol. The lowest BCUT2D eigenvalue weighted by atomic mass is 10.2. The molecule has 6 heteroatoms. The van der Waals surface area contributed by atoms with E-state index < -0.39 is 0 Å². The van der Waals surface area contributed by atoms with Crippen molar-refractivity contribution in [2.75, 3.05) is 5.73 Å². The molecule has 6 nitrogen and oxygen atoms in total. The summed E-state index contributed by atoms with van der Waals surface area (Å²) in [6.45, 7) is 5.91. The summed E-state index contributed by atoms with van der Waals surface area (Å²) in [5, 5.41) is 8.77. The Morgan fingerprint density at radius 3 is 2.36 bits per heavy atom. The average Bonchev–Trinajstić information content (AvgIpc) is 2.98. The van der Waals surface area contributed by atoms with E-state index >= 15 is 0 Å². The first-order chi connectivity index (χ1) is 10.5. The van der Waals surface area contributed by atoms with Gasteiger partial charge in [0.15, 0.2) is 0 Å². The van der Waals surface area contributed by atoms with Crippen molar-refractivity contribution in [2.45, 2.75) is 20.8 Å². The summed E-state index contributed by atoms with van der Waals surface area (Å²) in [6, 6.07) is 10.1. The van der Waals surface area contributed by atoms with E-state index in [2.05, 4.69) is 21.3 Å². The van der Waals surface area contributed by atoms with Gasteiger partial charge in [0, 0.05) is 5.69 Å². The Morgan fingerprint density at radius 1 is 1.09 bits per heavy atom. The maximum Gasteiger partial charge on any atom is 0.221 e. The third kappa shape index (κ3) is 2.76. The largest absolute Gasteiger partial charge is 0.368 e. The van der Waals surface area contributed by atoms with E-state index in [4.69, 9.17) is 5.73 Å². The lowest BCUT2D eigenvalue weighted by molar-refractivity contribution is 0.833. The van der Waals surface area contributed by atoms with Crippen molar-refractivity contribution in [3.63, 3.8) is 0 Å². The molecule has 2 aromatic heterocycles. The highest BCUT2D eigenvalue weighted by molar-refractivity contribution is 5.79. The van der Waals surface area contributed by atoms with Crippen LogP contribution in [0.4, 0.5) is 5.95 Å². The number of hydrogen-bond acceptors (Lipinski definition) is 4. The second-order valence-corrected chi connectivity index (χ2v) is 5.26. The normalized spacial score (nSPS) is 11.4. The van der Waals surface area contributed by atoms with Gasteiger partial charge in [-0.15, -0.1) is 0 Å². The van der Waals surface area contributed by atoms with Gasteiger partial charge in [-0.1, -0.05) is 12.1 Å². The molecule has 3 rings (SSSR count). The molecule has 0 aliphatic heterocycles. The number of hydrogen-bond donors (Lipinski definition) is 1. The van der Waals surface area contributed by atoms with Gasteiger partial charge in [0.05, 0.1) is 29.5 Å². The van der Waals surface area contributed by atoms with Gasteiger partial charge in [0.2, 0.25) is 5.95 Å². The quantitative estimate of drug-likeness (QED) is 0.754. The SMILES string of the molecule is Cc1cn(N=Cc2ccc(-n3nc(C)cc3C)cc2)c(N)n1. The summed E-state index contributed by atoms with van der Waals surface area (Å²) in [5.41, 5.74) is 10.7. The van der Waals surface area contributed by atoms with Gasteiger partial charge in [0.25, 0.3) is 0 Å². The maximum atomic E-state index is 5.75. The Hall–Kier alpha value is -2.89. The number of rotatable bonds is 3. The summed E-state index contributed by atoms with van der Waals surface area (Å²) in [4.78, 5) is 4.10. The fourth-order valence-electron chi connectivity index (χ4n) is 2.32. The van der Waals surface area contributed by atoms with Crippen molar-refractivity contribution >= 4 is 12.2 Å². The van der Waals surface area contributed by atoms with E-state index in [0.717, 1.165) is 28.3 Å².